The highest BCUT2D eigenvalue weighted by molar-refractivity contribution is 5.96. The van der Waals surface area contributed by atoms with Gasteiger partial charge >= 0.3 is 0 Å². The molecule has 20 heavy (non-hydrogen) atoms. The van der Waals surface area contributed by atoms with Gasteiger partial charge in [0.2, 0.25) is 0 Å². The van der Waals surface area contributed by atoms with Crippen LogP contribution in [0.15, 0.2) is 28.7 Å². The Bertz CT molecular complexity index is 615. The van der Waals surface area contributed by atoms with Crippen molar-refractivity contribution in [2.75, 3.05) is 26.2 Å². The van der Waals surface area contributed by atoms with Crippen molar-refractivity contribution in [1.29, 1.82) is 0 Å². The topological polar surface area (TPSA) is 68.7 Å². The maximum atomic E-state index is 12.3. The van der Waals surface area contributed by atoms with E-state index in [-0.39, 0.29) is 5.91 Å². The van der Waals surface area contributed by atoms with E-state index >= 15 is 0 Å². The standard InChI is InChI=1S/C15H18N2O3/c16-5-8-19-12-4-3-11-9-14(20-13(11)10-12)15(18)17-6-1-2-7-17/h3-4,9-10H,1-2,5-8,16H2. The van der Waals surface area contributed by atoms with E-state index in [0.717, 1.165) is 31.3 Å². The van der Waals surface area contributed by atoms with E-state index in [1.807, 2.05) is 17.0 Å². The van der Waals surface area contributed by atoms with Crippen molar-refractivity contribution in [2.24, 2.45) is 5.73 Å². The average molecular weight is 274 g/mol. The molecule has 5 nitrogen and oxygen atoms in total. The molecule has 0 radical (unpaired) electrons. The molecular weight excluding hydrogens is 256 g/mol. The summed E-state index contributed by atoms with van der Waals surface area (Å²) in [5.41, 5.74) is 6.07. The minimum Gasteiger partial charge on any atom is -0.492 e. The van der Waals surface area contributed by atoms with Crippen LogP contribution in [-0.2, 0) is 0 Å². The zero-order valence-electron chi connectivity index (χ0n) is 11.3. The number of carbonyl (C=O) groups is 1. The van der Waals surface area contributed by atoms with Crippen LogP contribution in [0, 0.1) is 0 Å². The van der Waals surface area contributed by atoms with Gasteiger partial charge in [-0.25, -0.2) is 0 Å². The van der Waals surface area contributed by atoms with Crippen LogP contribution in [0.25, 0.3) is 11.0 Å². The smallest absolute Gasteiger partial charge is 0.289 e. The monoisotopic (exact) mass is 274 g/mol. The molecule has 0 bridgehead atoms. The minimum atomic E-state index is -0.0249. The number of fused-ring (bicyclic) bond motifs is 1. The van der Waals surface area contributed by atoms with Gasteiger partial charge in [-0.1, -0.05) is 0 Å². The third-order valence-corrected chi connectivity index (χ3v) is 3.48. The van der Waals surface area contributed by atoms with E-state index < -0.39 is 0 Å². The first-order chi connectivity index (χ1) is 9.78. The fourth-order valence-electron chi connectivity index (χ4n) is 2.46. The van der Waals surface area contributed by atoms with Crippen LogP contribution in [0.5, 0.6) is 5.75 Å². The van der Waals surface area contributed by atoms with Crippen molar-refractivity contribution in [3.63, 3.8) is 0 Å². The van der Waals surface area contributed by atoms with Gasteiger partial charge in [-0.3, -0.25) is 4.79 Å². The van der Waals surface area contributed by atoms with Crippen molar-refractivity contribution in [2.45, 2.75) is 12.8 Å². The summed E-state index contributed by atoms with van der Waals surface area (Å²) in [5.74, 6) is 1.08. The molecular formula is C15H18N2O3. The first-order valence-corrected chi connectivity index (χ1v) is 6.93. The first-order valence-electron chi connectivity index (χ1n) is 6.93. The lowest BCUT2D eigenvalue weighted by atomic mass is 10.2. The molecule has 0 unspecified atom stereocenters. The minimum absolute atomic E-state index is 0.0249. The number of rotatable bonds is 4. The van der Waals surface area contributed by atoms with Crippen molar-refractivity contribution in [3.05, 3.63) is 30.0 Å². The van der Waals surface area contributed by atoms with E-state index in [1.165, 1.54) is 0 Å². The summed E-state index contributed by atoms with van der Waals surface area (Å²) in [6, 6.07) is 7.34. The van der Waals surface area contributed by atoms with Gasteiger partial charge in [-0.2, -0.15) is 0 Å². The van der Waals surface area contributed by atoms with Crippen molar-refractivity contribution in [3.8, 4) is 5.75 Å². The van der Waals surface area contributed by atoms with Crippen molar-refractivity contribution < 1.29 is 13.9 Å². The molecule has 0 aliphatic carbocycles. The van der Waals surface area contributed by atoms with E-state index in [1.54, 1.807) is 12.1 Å². The summed E-state index contributed by atoms with van der Waals surface area (Å²) in [4.78, 5) is 14.1. The summed E-state index contributed by atoms with van der Waals surface area (Å²) in [5, 5.41) is 0.910. The number of benzene rings is 1. The maximum Gasteiger partial charge on any atom is 0.289 e. The maximum absolute atomic E-state index is 12.3. The molecule has 0 spiro atoms. The van der Waals surface area contributed by atoms with Crippen LogP contribution >= 0.6 is 0 Å². The van der Waals surface area contributed by atoms with E-state index in [0.29, 0.717) is 30.2 Å². The number of likely N-dealkylation sites (tertiary alicyclic amines) is 1. The van der Waals surface area contributed by atoms with Gasteiger partial charge in [0.1, 0.15) is 17.9 Å². The molecule has 1 aromatic carbocycles. The second kappa shape index (κ2) is 5.54. The fraction of sp³-hybridized carbons (Fsp3) is 0.400. The van der Waals surface area contributed by atoms with Gasteiger partial charge in [0, 0.05) is 31.1 Å². The van der Waals surface area contributed by atoms with Gasteiger partial charge in [0.25, 0.3) is 5.91 Å². The largest absolute Gasteiger partial charge is 0.492 e. The molecule has 0 atom stereocenters. The Morgan fingerprint density at radius 3 is 2.85 bits per heavy atom. The number of hydrogen-bond donors (Lipinski definition) is 1. The second-order valence-corrected chi connectivity index (χ2v) is 4.95. The Morgan fingerprint density at radius 1 is 1.30 bits per heavy atom. The zero-order chi connectivity index (χ0) is 13.9. The molecule has 106 valence electrons. The molecule has 0 saturated carbocycles. The average Bonchev–Trinajstić information content (AvgIpc) is 3.12. The molecule has 2 aromatic rings. The Labute approximate surface area is 117 Å². The molecule has 1 aliphatic heterocycles. The highest BCUT2D eigenvalue weighted by atomic mass is 16.5. The van der Waals surface area contributed by atoms with Gasteiger partial charge < -0.3 is 19.8 Å². The van der Waals surface area contributed by atoms with E-state index in [2.05, 4.69) is 0 Å². The third-order valence-electron chi connectivity index (χ3n) is 3.48. The van der Waals surface area contributed by atoms with Gasteiger partial charge in [0.05, 0.1) is 0 Å². The lowest BCUT2D eigenvalue weighted by Gasteiger charge is -2.12. The summed E-state index contributed by atoms with van der Waals surface area (Å²) < 4.78 is 11.1. The Morgan fingerprint density at radius 2 is 2.10 bits per heavy atom. The summed E-state index contributed by atoms with van der Waals surface area (Å²) in [6.07, 6.45) is 2.14. The molecule has 1 aliphatic rings. The van der Waals surface area contributed by atoms with Crippen LogP contribution in [0.4, 0.5) is 0 Å². The zero-order valence-corrected chi connectivity index (χ0v) is 11.3. The SMILES string of the molecule is NCCOc1ccc2cc(C(=O)N3CCCC3)oc2c1. The Hall–Kier alpha value is -2.01. The lowest BCUT2D eigenvalue weighted by molar-refractivity contribution is 0.0763. The number of carbonyl (C=O) groups excluding carboxylic acids is 1. The normalized spacial score (nSPS) is 14.9. The third kappa shape index (κ3) is 2.49. The number of furan rings is 1. The molecule has 5 heteroatoms. The van der Waals surface area contributed by atoms with Crippen molar-refractivity contribution in [1.82, 2.24) is 4.90 Å². The predicted molar refractivity (Wildman–Crippen MR) is 75.9 cm³/mol. The number of ether oxygens (including phenoxy) is 1. The Kier molecular flexibility index (Phi) is 3.60. The highest BCUT2D eigenvalue weighted by Crippen LogP contribution is 2.25. The summed E-state index contributed by atoms with van der Waals surface area (Å²) in [7, 11) is 0. The summed E-state index contributed by atoms with van der Waals surface area (Å²) in [6.45, 7) is 2.57. The van der Waals surface area contributed by atoms with Crippen LogP contribution in [0.1, 0.15) is 23.4 Å². The molecule has 1 fully saturated rings. The number of amides is 1. The number of hydrogen-bond acceptors (Lipinski definition) is 4. The molecule has 2 N–H and O–H groups in total. The molecule has 1 aromatic heterocycles. The van der Waals surface area contributed by atoms with Gasteiger partial charge in [-0.05, 0) is 31.0 Å². The van der Waals surface area contributed by atoms with Crippen LogP contribution in [0.3, 0.4) is 0 Å². The predicted octanol–water partition coefficient (Wildman–Crippen LogP) is 2.01. The van der Waals surface area contributed by atoms with Gasteiger partial charge in [0.15, 0.2) is 5.76 Å². The van der Waals surface area contributed by atoms with Crippen LogP contribution < -0.4 is 10.5 Å². The lowest BCUT2D eigenvalue weighted by Crippen LogP contribution is -2.27. The highest BCUT2D eigenvalue weighted by Gasteiger charge is 2.22. The fourth-order valence-corrected chi connectivity index (χ4v) is 2.46. The second-order valence-electron chi connectivity index (χ2n) is 4.95. The van der Waals surface area contributed by atoms with Crippen molar-refractivity contribution >= 4 is 16.9 Å². The quantitative estimate of drug-likeness (QED) is 0.926. The molecule has 3 rings (SSSR count). The molecule has 2 heterocycles. The molecule has 1 amide bonds. The summed E-state index contributed by atoms with van der Waals surface area (Å²) >= 11 is 0. The number of nitrogens with zero attached hydrogens (tertiary/aromatic N) is 1. The van der Waals surface area contributed by atoms with E-state index in [4.69, 9.17) is 14.9 Å². The van der Waals surface area contributed by atoms with E-state index in [9.17, 15) is 4.79 Å². The number of nitrogens with two attached hydrogens (primary N) is 1. The van der Waals surface area contributed by atoms with Crippen LogP contribution in [0.2, 0.25) is 0 Å². The van der Waals surface area contributed by atoms with Gasteiger partial charge in [-0.15, -0.1) is 0 Å². The van der Waals surface area contributed by atoms with Crippen LogP contribution in [-0.4, -0.2) is 37.0 Å². The first kappa shape index (κ1) is 13.0. The Balaban J connectivity index is 1.84. The molecule has 1 saturated heterocycles.